The van der Waals surface area contributed by atoms with Gasteiger partial charge in [-0.15, -0.1) is 0 Å². The van der Waals surface area contributed by atoms with E-state index in [0.29, 0.717) is 0 Å². The maximum Gasteiger partial charge on any atom is 0.364 e. The Kier molecular flexibility index (Phi) is 43.7. The van der Waals surface area contributed by atoms with Crippen LogP contribution in [0.3, 0.4) is 0 Å². The number of rotatable bonds is 40. The molecule has 65 nitrogen and oxygen atoms in total. The largest absolute Gasteiger partial charge is 0.477 e. The van der Waals surface area contributed by atoms with Crippen molar-refractivity contribution in [3.05, 3.63) is 0 Å². The summed E-state index contributed by atoms with van der Waals surface area (Å²) in [6, 6.07) is -13.5. The monoisotopic (exact) mass is 2160 g/mol. The van der Waals surface area contributed by atoms with E-state index in [-0.39, 0.29) is 0 Å². The molecule has 11 saturated heterocycles. The van der Waals surface area contributed by atoms with Crippen LogP contribution in [0.2, 0.25) is 0 Å². The second-order valence-electron chi connectivity index (χ2n) is 37.5. The van der Waals surface area contributed by atoms with E-state index in [2.05, 4.69) is 37.2 Å². The van der Waals surface area contributed by atoms with Gasteiger partial charge in [-0.3, -0.25) is 33.6 Å². The highest BCUT2D eigenvalue weighted by Gasteiger charge is 2.64. The molecule has 11 aliphatic heterocycles. The van der Waals surface area contributed by atoms with Gasteiger partial charge in [0.25, 0.3) is 5.79 Å². The number of aliphatic hydroxyl groups excluding tert-OH is 28. The van der Waals surface area contributed by atoms with Crippen molar-refractivity contribution in [3.8, 4) is 0 Å². The minimum absolute atomic E-state index is 0.835. The summed E-state index contributed by atoms with van der Waals surface area (Å²) in [7, 11) is 0. The highest BCUT2D eigenvalue weighted by Crippen LogP contribution is 2.43. The average Bonchev–Trinajstić information content (AvgIpc) is 0.759. The van der Waals surface area contributed by atoms with Gasteiger partial charge < -0.3 is 285 Å². The minimum atomic E-state index is -3.14. The Morgan fingerprint density at radius 2 is 0.601 bits per heavy atom. The molecule has 852 valence electrons. The maximum atomic E-state index is 13.4. The number of hydrogen-bond acceptors (Lipinski definition) is 57. The molecule has 0 aromatic heterocycles. The van der Waals surface area contributed by atoms with Gasteiger partial charge in [-0.1, -0.05) is 0 Å². The molecule has 0 radical (unpaired) electrons. The molecule has 11 rings (SSSR count). The quantitative estimate of drug-likeness (QED) is 0.0271. The molecule has 0 aromatic carbocycles. The fourth-order valence-corrected chi connectivity index (χ4v) is 19.1. The first-order chi connectivity index (χ1) is 69.7. The molecule has 11 heterocycles. The summed E-state index contributed by atoms with van der Waals surface area (Å²) in [5.41, 5.74) is 0. The number of amides is 7. The van der Waals surface area contributed by atoms with Crippen LogP contribution in [-0.4, -0.2) is 604 Å². The molecule has 0 aliphatic carbocycles. The van der Waals surface area contributed by atoms with Crippen molar-refractivity contribution >= 4 is 47.3 Å². The lowest BCUT2D eigenvalue weighted by molar-refractivity contribution is -0.398. The van der Waals surface area contributed by atoms with Crippen molar-refractivity contribution in [1.29, 1.82) is 0 Å². The van der Waals surface area contributed by atoms with Crippen LogP contribution in [0.4, 0.5) is 0 Å². The van der Waals surface area contributed by atoms with Crippen molar-refractivity contribution in [3.63, 3.8) is 0 Å². The molecule has 65 heteroatoms. The molecule has 36 N–H and O–H groups in total. The highest BCUT2D eigenvalue weighted by atomic mass is 16.8. The van der Waals surface area contributed by atoms with E-state index in [0.717, 1.165) is 48.5 Å². The molecule has 148 heavy (non-hydrogen) atoms. The van der Waals surface area contributed by atoms with E-state index < -0.39 is 463 Å². The summed E-state index contributed by atoms with van der Waals surface area (Å²) in [6.45, 7) is -4.17. The SMILES string of the molecule is CC(=O)N[C@H]1[C@H](O[C@H]2[C@H](O)[C@@H](NC(C)=O)C(O)O[C@@H]2CO[C@@H]2O[C@@H](C)[C@@H](O)[C@@H](O)[C@@H]2O)O[C@H](CO)[C@@H](O[C@@H]2O[C@H](CO[C@H]3O[C@H](CO)[C@@H](O)[C@H](O)[C@@H]3O[C@@H]3O[C@H](CO)[C@@H](O[C@@H]4O[C@H](CO)[C@H](O)[C@H](O)[C@H]4NC(C)=O)[C@H](O)[C@H]3NC(C)=O)[C@@H](O)[C@H](O[C@H]3O[C@H](CO)[C@@H](O)[C@H](O)[C@@H]3O[C@@H]3O[C@H](CO)[C@@H](O[C@@H]4O[C@H](CO[C@]5(C(=O)O)C[C@H](O)[C@@H](NC(C)=O)[C@H]([C@H](O)[C@H](O)CO)O5)[C@H](O)[C@H](O)[C@H]4NC(C)=O)[C@H](O)[C@H]3NC(C)=O)[C@@H]2O)[C@@H]1O. The molecule has 0 saturated carbocycles. The second-order valence-corrected chi connectivity index (χ2v) is 37.5. The average molecular weight is 2160 g/mol. The summed E-state index contributed by atoms with van der Waals surface area (Å²) in [5, 5.41) is 346. The van der Waals surface area contributed by atoms with Crippen molar-refractivity contribution in [2.75, 3.05) is 66.1 Å². The van der Waals surface area contributed by atoms with Gasteiger partial charge in [-0.25, -0.2) is 4.79 Å². The fraction of sp³-hybridized carbons (Fsp3) is 0.904. The first kappa shape index (κ1) is 122. The van der Waals surface area contributed by atoms with Gasteiger partial charge in [-0.05, 0) is 6.92 Å². The number of aliphatic hydroxyl groups is 28. The number of hydrogen-bond donors (Lipinski definition) is 36. The zero-order chi connectivity index (χ0) is 109. The second kappa shape index (κ2) is 53.0. The summed E-state index contributed by atoms with van der Waals surface area (Å²) in [4.78, 5) is 103. The number of carboxylic acid groups (broad SMARTS) is 1. The van der Waals surface area contributed by atoms with Crippen molar-refractivity contribution in [2.24, 2.45) is 0 Å². The molecule has 0 spiro atoms. The van der Waals surface area contributed by atoms with Gasteiger partial charge in [0.1, 0.15) is 256 Å². The molecule has 0 aromatic rings. The van der Waals surface area contributed by atoms with Crippen molar-refractivity contribution in [1.82, 2.24) is 37.2 Å². The predicted octanol–water partition coefficient (Wildman–Crippen LogP) is -23.7. The zero-order valence-electron chi connectivity index (χ0n) is 80.3. The van der Waals surface area contributed by atoms with Crippen LogP contribution in [0.1, 0.15) is 61.8 Å². The fourth-order valence-electron chi connectivity index (χ4n) is 19.1. The van der Waals surface area contributed by atoms with Crippen LogP contribution in [0.15, 0.2) is 0 Å². The van der Waals surface area contributed by atoms with Gasteiger partial charge in [0.05, 0.1) is 84.3 Å². The lowest BCUT2D eigenvalue weighted by atomic mass is 9.88. The number of carbonyl (C=O) groups excluding carboxylic acids is 7. The summed E-state index contributed by atoms with van der Waals surface area (Å²) >= 11 is 0. The number of aliphatic carboxylic acids is 1. The van der Waals surface area contributed by atoms with Crippen LogP contribution in [0.25, 0.3) is 0 Å². The van der Waals surface area contributed by atoms with E-state index in [9.17, 15) is 186 Å². The van der Waals surface area contributed by atoms with Crippen molar-refractivity contribution < 1.29 is 286 Å². The Morgan fingerprint density at radius 1 is 0.291 bits per heavy atom. The van der Waals surface area contributed by atoms with Crippen molar-refractivity contribution in [2.45, 2.75) is 405 Å². The van der Waals surface area contributed by atoms with E-state index >= 15 is 0 Å². The van der Waals surface area contributed by atoms with Gasteiger partial charge in [-0.2, -0.15) is 0 Å². The molecule has 0 bridgehead atoms. The number of carbonyl (C=O) groups is 8. The number of ether oxygens (including phenoxy) is 21. The topological polar surface area (TPSA) is 1000 Å². The van der Waals surface area contributed by atoms with Crippen LogP contribution >= 0.6 is 0 Å². The zero-order valence-corrected chi connectivity index (χ0v) is 80.3. The molecular formula is C83H137N7O58. The standard InChI is InChI=1S/C83H137N7O58/c1-20-46(107)59(120)62(123)78(131-20)128-18-38-67(55(116)40(72(125)132-38)85-22(3)99)143-75-43(88-25(6)102)58(119)66(35(16-97)136-75)144-79-63(124)69(52(113)36(140-79)17-129-80-70(60(121)49(110)31(12-93)134-80)146-76-44(89-26(7)103)56(117)64(33(14-95)137-76)141-73-41(86-23(4)100)53(114)48(109)30(11-92)133-73)145-81-71(61(122)50(111)32(13-94)135-81)147-77-45(90-27(8)104)57(118)65(34(15-96)138-77)142-74-42(87-24(5)101)54(115)51(112)37(139-74)19-130-83(82(126)127)9-28(105)39(84-21(2)98)68(148-83)47(108)29(106)10-91/h20,28-81,91-97,105-125H,9-19H2,1-8H3,(H,84,98)(H,85,99)(H,86,100)(H,87,101)(H,88,102)(H,89,103)(H,90,104)(H,126,127)/t20-,28-,29+,30+,31+,32+,33+,34+,35+,36+,37+,38+,39+,40+,41+,42+,43+,44+,45+,46+,47+,48-,49+,50+,51-,52+,53+,54+,55+,56+,57+,58+,59+,60-,61-,62-,63-,64+,65+,66+,67+,68+,69-,70-,71-,72?,73-,74-,75-,76-,77-,78+,79-,80-,81+,83+/m0/s1. The Balaban J connectivity index is 0.924. The first-order valence-corrected chi connectivity index (χ1v) is 47.1. The van der Waals surface area contributed by atoms with Gasteiger partial charge in [0.15, 0.2) is 62.9 Å². The minimum Gasteiger partial charge on any atom is -0.477 e. The van der Waals surface area contributed by atoms with Gasteiger partial charge in [0, 0.05) is 54.9 Å². The lowest BCUT2D eigenvalue weighted by Crippen LogP contribution is -2.71. The summed E-state index contributed by atoms with van der Waals surface area (Å²) in [6.07, 6.45) is -105. The third-order valence-corrected chi connectivity index (χ3v) is 26.7. The summed E-state index contributed by atoms with van der Waals surface area (Å²) in [5.74, 6) is -11.9. The van der Waals surface area contributed by atoms with Crippen LogP contribution in [-0.2, 0) is 138 Å². The molecule has 7 amide bonds. The number of carboxylic acids is 1. The van der Waals surface area contributed by atoms with E-state index in [4.69, 9.17) is 99.5 Å². The Labute approximate surface area is 838 Å². The molecule has 11 fully saturated rings. The predicted molar refractivity (Wildman–Crippen MR) is 459 cm³/mol. The van der Waals surface area contributed by atoms with Gasteiger partial charge in [0.2, 0.25) is 41.4 Å². The van der Waals surface area contributed by atoms with Crippen LogP contribution in [0, 0.1) is 0 Å². The third kappa shape index (κ3) is 27.7. The molecule has 1 unspecified atom stereocenters. The van der Waals surface area contributed by atoms with Gasteiger partial charge >= 0.3 is 5.97 Å². The first-order valence-electron chi connectivity index (χ1n) is 47.1. The Hall–Kier alpha value is -6.20. The van der Waals surface area contributed by atoms with E-state index in [1.54, 1.807) is 0 Å². The highest BCUT2D eigenvalue weighted by molar-refractivity contribution is 5.77. The Morgan fingerprint density at radius 3 is 1.01 bits per heavy atom. The molecule has 56 atom stereocenters. The van der Waals surface area contributed by atoms with E-state index in [1.807, 2.05) is 0 Å². The van der Waals surface area contributed by atoms with Crippen LogP contribution in [0.5, 0.6) is 0 Å². The lowest BCUT2D eigenvalue weighted by Gasteiger charge is -2.51. The summed E-state index contributed by atoms with van der Waals surface area (Å²) < 4.78 is 127. The smallest absolute Gasteiger partial charge is 0.364 e. The normalized spacial score (nSPS) is 46.5. The molecule has 11 aliphatic rings. The maximum absolute atomic E-state index is 13.4. The molecular weight excluding hydrogens is 2020 g/mol. The number of nitrogens with one attached hydrogen (secondary N) is 7. The van der Waals surface area contributed by atoms with E-state index in [1.165, 1.54) is 6.92 Å². The Bertz CT molecular complexity index is 4280. The van der Waals surface area contributed by atoms with Crippen LogP contribution < -0.4 is 37.2 Å². The third-order valence-electron chi connectivity index (χ3n) is 26.7.